The van der Waals surface area contributed by atoms with Crippen LogP contribution in [-0.2, 0) is 11.4 Å². The number of nitrogens with two attached hydrogens (primary N) is 1. The molecule has 1 fully saturated rings. The number of hydrogen-bond acceptors (Lipinski definition) is 4. The van der Waals surface area contributed by atoms with Crippen molar-refractivity contribution >= 4 is 5.69 Å². The lowest BCUT2D eigenvalue weighted by Crippen LogP contribution is -2.17. The Morgan fingerprint density at radius 2 is 2.07 bits per heavy atom. The van der Waals surface area contributed by atoms with Crippen molar-refractivity contribution in [2.75, 3.05) is 18.0 Å². The minimum Gasteiger partial charge on any atom is -0.508 e. The van der Waals surface area contributed by atoms with Crippen LogP contribution < -0.4 is 10.8 Å². The molecule has 0 aliphatic carbocycles. The molecule has 0 aromatic heterocycles. The van der Waals surface area contributed by atoms with E-state index in [1.54, 1.807) is 6.07 Å². The maximum absolute atomic E-state index is 9.55. The second-order valence-corrected chi connectivity index (χ2v) is 3.82. The molecular weight excluding hydrogens is 192 g/mol. The van der Waals surface area contributed by atoms with Crippen molar-refractivity contribution in [1.29, 1.82) is 0 Å². The average molecular weight is 208 g/mol. The summed E-state index contributed by atoms with van der Waals surface area (Å²) in [4.78, 5) is 6.85. The van der Waals surface area contributed by atoms with Gasteiger partial charge in [0.15, 0.2) is 0 Å². The molecule has 0 spiro atoms. The van der Waals surface area contributed by atoms with E-state index in [-0.39, 0.29) is 12.4 Å². The fourth-order valence-corrected chi connectivity index (χ4v) is 1.95. The molecule has 0 amide bonds. The van der Waals surface area contributed by atoms with Crippen molar-refractivity contribution in [2.45, 2.75) is 19.4 Å². The number of phenols is 1. The van der Waals surface area contributed by atoms with Gasteiger partial charge in [0.1, 0.15) is 5.75 Å². The Labute approximate surface area is 89.2 Å². The molecule has 4 nitrogen and oxygen atoms in total. The largest absolute Gasteiger partial charge is 0.508 e. The van der Waals surface area contributed by atoms with E-state index in [1.165, 1.54) is 12.8 Å². The molecule has 3 N–H and O–H groups in total. The van der Waals surface area contributed by atoms with Crippen LogP contribution in [0.15, 0.2) is 18.2 Å². The topological polar surface area (TPSA) is 58.7 Å². The van der Waals surface area contributed by atoms with E-state index in [0.29, 0.717) is 0 Å². The number of rotatable bonds is 3. The van der Waals surface area contributed by atoms with E-state index in [0.717, 1.165) is 24.3 Å². The lowest BCUT2D eigenvalue weighted by atomic mass is 10.2. The van der Waals surface area contributed by atoms with E-state index in [9.17, 15) is 5.11 Å². The average Bonchev–Trinajstić information content (AvgIpc) is 2.75. The number of hydrogen-bond donors (Lipinski definition) is 2. The van der Waals surface area contributed by atoms with Gasteiger partial charge < -0.3 is 10.0 Å². The van der Waals surface area contributed by atoms with Crippen molar-refractivity contribution < 1.29 is 9.94 Å². The molecule has 1 aromatic carbocycles. The van der Waals surface area contributed by atoms with Crippen LogP contribution in [0.2, 0.25) is 0 Å². The van der Waals surface area contributed by atoms with Gasteiger partial charge in [-0.3, -0.25) is 4.84 Å². The van der Waals surface area contributed by atoms with Gasteiger partial charge in [0.2, 0.25) is 0 Å². The third-order valence-electron chi connectivity index (χ3n) is 2.77. The van der Waals surface area contributed by atoms with Crippen LogP contribution in [0.1, 0.15) is 18.4 Å². The Balaban J connectivity index is 2.21. The van der Waals surface area contributed by atoms with Crippen molar-refractivity contribution in [3.05, 3.63) is 23.8 Å². The normalized spacial score (nSPS) is 15.9. The Kier molecular flexibility index (Phi) is 3.08. The summed E-state index contributed by atoms with van der Waals surface area (Å²) in [5.41, 5.74) is 1.87. The highest BCUT2D eigenvalue weighted by molar-refractivity contribution is 5.53. The summed E-state index contributed by atoms with van der Waals surface area (Å²) < 4.78 is 0. The first kappa shape index (κ1) is 10.3. The lowest BCUT2D eigenvalue weighted by Gasteiger charge is -2.18. The van der Waals surface area contributed by atoms with Crippen LogP contribution in [0.3, 0.4) is 0 Å². The van der Waals surface area contributed by atoms with Gasteiger partial charge in [-0.2, -0.15) is 0 Å². The van der Waals surface area contributed by atoms with Crippen LogP contribution in [0.25, 0.3) is 0 Å². The summed E-state index contributed by atoms with van der Waals surface area (Å²) in [6, 6.07) is 5.57. The predicted octanol–water partition coefficient (Wildman–Crippen LogP) is 1.38. The predicted molar refractivity (Wildman–Crippen MR) is 58.5 cm³/mol. The van der Waals surface area contributed by atoms with Crippen LogP contribution in [-0.4, -0.2) is 18.2 Å². The fourth-order valence-electron chi connectivity index (χ4n) is 1.95. The molecule has 0 radical (unpaired) electrons. The number of nitrogens with zero attached hydrogens (tertiary/aromatic N) is 1. The molecule has 1 aliphatic rings. The number of benzene rings is 1. The zero-order valence-electron chi connectivity index (χ0n) is 8.65. The molecule has 4 heteroatoms. The van der Waals surface area contributed by atoms with Gasteiger partial charge in [-0.05, 0) is 31.0 Å². The van der Waals surface area contributed by atoms with Crippen LogP contribution in [0, 0.1) is 0 Å². The van der Waals surface area contributed by atoms with Crippen molar-refractivity contribution in [3.8, 4) is 5.75 Å². The molecule has 2 rings (SSSR count). The first-order valence-electron chi connectivity index (χ1n) is 5.20. The van der Waals surface area contributed by atoms with Crippen molar-refractivity contribution in [1.82, 2.24) is 0 Å². The standard InChI is InChI=1S/C11H16N2O2/c12-15-8-9-7-10(3-4-11(9)14)13-5-1-2-6-13/h3-4,7,14H,1-2,5-6,8,12H2. The van der Waals surface area contributed by atoms with Gasteiger partial charge in [-0.15, -0.1) is 0 Å². The smallest absolute Gasteiger partial charge is 0.121 e. The highest BCUT2D eigenvalue weighted by Crippen LogP contribution is 2.26. The Morgan fingerprint density at radius 1 is 1.33 bits per heavy atom. The highest BCUT2D eigenvalue weighted by Gasteiger charge is 2.13. The molecule has 0 unspecified atom stereocenters. The van der Waals surface area contributed by atoms with Gasteiger partial charge in [0.25, 0.3) is 0 Å². The van der Waals surface area contributed by atoms with Crippen molar-refractivity contribution in [3.63, 3.8) is 0 Å². The van der Waals surface area contributed by atoms with E-state index < -0.39 is 0 Å². The first-order chi connectivity index (χ1) is 7.31. The van der Waals surface area contributed by atoms with Gasteiger partial charge >= 0.3 is 0 Å². The summed E-state index contributed by atoms with van der Waals surface area (Å²) in [6.45, 7) is 2.43. The molecule has 0 bridgehead atoms. The third kappa shape index (κ3) is 2.22. The van der Waals surface area contributed by atoms with Crippen LogP contribution in [0.4, 0.5) is 5.69 Å². The van der Waals surface area contributed by atoms with Crippen LogP contribution >= 0.6 is 0 Å². The summed E-state index contributed by atoms with van der Waals surface area (Å²) >= 11 is 0. The summed E-state index contributed by atoms with van der Waals surface area (Å²) in [7, 11) is 0. The molecule has 0 saturated carbocycles. The minimum absolute atomic E-state index is 0.239. The fraction of sp³-hybridized carbons (Fsp3) is 0.455. The minimum atomic E-state index is 0.239. The van der Waals surface area contributed by atoms with Crippen LogP contribution in [0.5, 0.6) is 5.75 Å². The highest BCUT2D eigenvalue weighted by atomic mass is 16.6. The van der Waals surface area contributed by atoms with E-state index >= 15 is 0 Å². The number of phenolic OH excluding ortho intramolecular Hbond substituents is 1. The zero-order valence-corrected chi connectivity index (χ0v) is 8.65. The van der Waals surface area contributed by atoms with E-state index in [4.69, 9.17) is 5.90 Å². The second kappa shape index (κ2) is 4.51. The maximum Gasteiger partial charge on any atom is 0.121 e. The second-order valence-electron chi connectivity index (χ2n) is 3.82. The summed E-state index contributed by atoms with van der Waals surface area (Å²) in [6.07, 6.45) is 2.48. The number of aromatic hydroxyl groups is 1. The zero-order chi connectivity index (χ0) is 10.7. The molecule has 1 saturated heterocycles. The molecule has 1 aromatic rings. The molecule has 1 aliphatic heterocycles. The Hall–Kier alpha value is -1.26. The van der Waals surface area contributed by atoms with Gasteiger partial charge in [0.05, 0.1) is 6.61 Å². The molecule has 82 valence electrons. The maximum atomic E-state index is 9.55. The first-order valence-corrected chi connectivity index (χ1v) is 5.20. The quantitative estimate of drug-likeness (QED) is 0.737. The molecule has 0 atom stereocenters. The molecule has 15 heavy (non-hydrogen) atoms. The molecular formula is C11H16N2O2. The summed E-state index contributed by atoms with van der Waals surface area (Å²) in [5, 5.41) is 9.55. The monoisotopic (exact) mass is 208 g/mol. The third-order valence-corrected chi connectivity index (χ3v) is 2.77. The van der Waals surface area contributed by atoms with Gasteiger partial charge in [-0.25, -0.2) is 5.90 Å². The van der Waals surface area contributed by atoms with Gasteiger partial charge in [0, 0.05) is 24.3 Å². The Morgan fingerprint density at radius 3 is 2.73 bits per heavy atom. The van der Waals surface area contributed by atoms with E-state index in [1.807, 2.05) is 12.1 Å². The lowest BCUT2D eigenvalue weighted by molar-refractivity contribution is 0.122. The van der Waals surface area contributed by atoms with Gasteiger partial charge in [-0.1, -0.05) is 0 Å². The number of anilines is 1. The SMILES string of the molecule is NOCc1cc(N2CCCC2)ccc1O. The summed E-state index contributed by atoms with van der Waals surface area (Å²) in [5.74, 6) is 5.25. The Bertz CT molecular complexity index is 335. The van der Waals surface area contributed by atoms with E-state index in [2.05, 4.69) is 9.74 Å². The van der Waals surface area contributed by atoms with Crippen molar-refractivity contribution in [2.24, 2.45) is 5.90 Å². The molecule has 1 heterocycles.